The van der Waals surface area contributed by atoms with Crippen molar-refractivity contribution in [2.75, 3.05) is 13.1 Å². The van der Waals surface area contributed by atoms with E-state index in [2.05, 4.69) is 15.2 Å². The SMILES string of the molecule is O=C(NC1CCN(Cc2ccc(O)cc2)CC1)c1ccncc1. The highest BCUT2D eigenvalue weighted by molar-refractivity contribution is 5.94. The summed E-state index contributed by atoms with van der Waals surface area (Å²) >= 11 is 0. The first-order chi connectivity index (χ1) is 11.2. The Balaban J connectivity index is 1.47. The van der Waals surface area contributed by atoms with Gasteiger partial charge in [0.25, 0.3) is 5.91 Å². The molecule has 5 heteroatoms. The van der Waals surface area contributed by atoms with Gasteiger partial charge in [0, 0.05) is 43.6 Å². The first-order valence-electron chi connectivity index (χ1n) is 7.92. The number of rotatable bonds is 4. The van der Waals surface area contributed by atoms with Crippen LogP contribution in [0.3, 0.4) is 0 Å². The number of piperidine rings is 1. The number of benzene rings is 1. The number of phenolic OH excluding ortho intramolecular Hbond substituents is 1. The lowest BCUT2D eigenvalue weighted by Gasteiger charge is -2.32. The quantitative estimate of drug-likeness (QED) is 0.908. The summed E-state index contributed by atoms with van der Waals surface area (Å²) in [6, 6.07) is 11.0. The Morgan fingerprint density at radius 2 is 1.78 bits per heavy atom. The van der Waals surface area contributed by atoms with Crippen LogP contribution in [0.5, 0.6) is 5.75 Å². The summed E-state index contributed by atoms with van der Waals surface area (Å²) in [6.07, 6.45) is 5.17. The average molecular weight is 311 g/mol. The molecule has 0 aliphatic carbocycles. The van der Waals surface area contributed by atoms with Gasteiger partial charge in [0.15, 0.2) is 0 Å². The van der Waals surface area contributed by atoms with Gasteiger partial charge in [-0.05, 0) is 42.7 Å². The summed E-state index contributed by atoms with van der Waals surface area (Å²) in [4.78, 5) is 18.4. The molecule has 3 rings (SSSR count). The Morgan fingerprint density at radius 1 is 1.13 bits per heavy atom. The number of hydrogen-bond acceptors (Lipinski definition) is 4. The fourth-order valence-corrected chi connectivity index (χ4v) is 2.87. The molecule has 1 aliphatic rings. The van der Waals surface area contributed by atoms with Gasteiger partial charge in [-0.2, -0.15) is 0 Å². The minimum atomic E-state index is -0.0237. The second-order valence-corrected chi connectivity index (χ2v) is 5.93. The number of carbonyl (C=O) groups excluding carboxylic acids is 1. The molecule has 0 saturated carbocycles. The molecular formula is C18H21N3O2. The van der Waals surface area contributed by atoms with Gasteiger partial charge < -0.3 is 10.4 Å². The topological polar surface area (TPSA) is 65.5 Å². The van der Waals surface area contributed by atoms with E-state index >= 15 is 0 Å². The Morgan fingerprint density at radius 3 is 2.43 bits per heavy atom. The van der Waals surface area contributed by atoms with Crippen molar-refractivity contribution in [3.63, 3.8) is 0 Å². The van der Waals surface area contributed by atoms with Crippen LogP contribution < -0.4 is 5.32 Å². The largest absolute Gasteiger partial charge is 0.508 e. The number of amides is 1. The van der Waals surface area contributed by atoms with Crippen molar-refractivity contribution in [1.82, 2.24) is 15.2 Å². The zero-order chi connectivity index (χ0) is 16.1. The van der Waals surface area contributed by atoms with Crippen LogP contribution in [0.25, 0.3) is 0 Å². The molecule has 23 heavy (non-hydrogen) atoms. The van der Waals surface area contributed by atoms with Crippen molar-refractivity contribution in [3.8, 4) is 5.75 Å². The summed E-state index contributed by atoms with van der Waals surface area (Å²) in [7, 11) is 0. The van der Waals surface area contributed by atoms with Gasteiger partial charge in [0.1, 0.15) is 5.75 Å². The van der Waals surface area contributed by atoms with Crippen LogP contribution >= 0.6 is 0 Å². The van der Waals surface area contributed by atoms with E-state index in [0.29, 0.717) is 11.3 Å². The van der Waals surface area contributed by atoms with Crippen LogP contribution in [0.2, 0.25) is 0 Å². The monoisotopic (exact) mass is 311 g/mol. The minimum absolute atomic E-state index is 0.0237. The molecule has 120 valence electrons. The summed E-state index contributed by atoms with van der Waals surface area (Å²) in [5.41, 5.74) is 1.86. The lowest BCUT2D eigenvalue weighted by Crippen LogP contribution is -2.44. The van der Waals surface area contributed by atoms with E-state index in [1.807, 2.05) is 12.1 Å². The average Bonchev–Trinajstić information content (AvgIpc) is 2.59. The molecular weight excluding hydrogens is 290 g/mol. The predicted octanol–water partition coefficient (Wildman–Crippen LogP) is 2.18. The maximum absolute atomic E-state index is 12.1. The number of hydrogen-bond donors (Lipinski definition) is 2. The zero-order valence-corrected chi connectivity index (χ0v) is 13.0. The fraction of sp³-hybridized carbons (Fsp3) is 0.333. The predicted molar refractivity (Wildman–Crippen MR) is 88.1 cm³/mol. The molecule has 1 aliphatic heterocycles. The van der Waals surface area contributed by atoms with Crippen molar-refractivity contribution in [2.45, 2.75) is 25.4 Å². The lowest BCUT2D eigenvalue weighted by atomic mass is 10.0. The van der Waals surface area contributed by atoms with Gasteiger partial charge in [-0.15, -0.1) is 0 Å². The molecule has 2 N–H and O–H groups in total. The Kier molecular flexibility index (Phi) is 4.88. The van der Waals surface area contributed by atoms with E-state index in [1.165, 1.54) is 5.56 Å². The third-order valence-electron chi connectivity index (χ3n) is 4.21. The van der Waals surface area contributed by atoms with Gasteiger partial charge in [0.05, 0.1) is 0 Å². The number of carbonyl (C=O) groups is 1. The molecule has 1 fully saturated rings. The van der Waals surface area contributed by atoms with Crippen LogP contribution in [0.15, 0.2) is 48.8 Å². The van der Waals surface area contributed by atoms with Crippen molar-refractivity contribution >= 4 is 5.91 Å². The normalized spacial score (nSPS) is 16.2. The smallest absolute Gasteiger partial charge is 0.251 e. The van der Waals surface area contributed by atoms with Gasteiger partial charge in [-0.3, -0.25) is 14.7 Å². The third-order valence-corrected chi connectivity index (χ3v) is 4.21. The first-order valence-corrected chi connectivity index (χ1v) is 7.92. The fourth-order valence-electron chi connectivity index (χ4n) is 2.87. The Bertz CT molecular complexity index is 635. The van der Waals surface area contributed by atoms with E-state index in [9.17, 15) is 9.90 Å². The number of aromatic hydroxyl groups is 1. The highest BCUT2D eigenvalue weighted by Crippen LogP contribution is 2.16. The molecule has 1 amide bonds. The maximum Gasteiger partial charge on any atom is 0.251 e. The molecule has 1 aromatic carbocycles. The van der Waals surface area contributed by atoms with Gasteiger partial charge in [-0.25, -0.2) is 0 Å². The standard InChI is InChI=1S/C18H21N3O2/c22-17-3-1-14(2-4-17)13-21-11-7-16(8-12-21)20-18(23)15-5-9-19-10-6-15/h1-6,9-10,16,22H,7-8,11-13H2,(H,20,23). The number of pyridine rings is 1. The highest BCUT2D eigenvalue weighted by Gasteiger charge is 2.21. The molecule has 0 atom stereocenters. The summed E-state index contributed by atoms with van der Waals surface area (Å²) in [5.74, 6) is 0.274. The van der Waals surface area contributed by atoms with Crippen LogP contribution in [0.4, 0.5) is 0 Å². The van der Waals surface area contributed by atoms with Crippen LogP contribution in [0.1, 0.15) is 28.8 Å². The molecule has 0 spiro atoms. The van der Waals surface area contributed by atoms with Crippen LogP contribution in [-0.2, 0) is 6.54 Å². The number of nitrogens with zero attached hydrogens (tertiary/aromatic N) is 2. The molecule has 0 radical (unpaired) electrons. The summed E-state index contributed by atoms with van der Waals surface area (Å²) in [6.45, 7) is 2.80. The molecule has 1 saturated heterocycles. The molecule has 0 bridgehead atoms. The summed E-state index contributed by atoms with van der Waals surface area (Å²) < 4.78 is 0. The molecule has 1 aromatic heterocycles. The zero-order valence-electron chi connectivity index (χ0n) is 13.0. The van der Waals surface area contributed by atoms with E-state index in [-0.39, 0.29) is 11.9 Å². The summed E-state index contributed by atoms with van der Waals surface area (Å²) in [5, 5.41) is 12.4. The van der Waals surface area contributed by atoms with E-state index < -0.39 is 0 Å². The number of nitrogens with one attached hydrogen (secondary N) is 1. The van der Waals surface area contributed by atoms with Gasteiger partial charge in [0.2, 0.25) is 0 Å². The molecule has 5 nitrogen and oxygen atoms in total. The van der Waals surface area contributed by atoms with E-state index in [4.69, 9.17) is 0 Å². The number of likely N-dealkylation sites (tertiary alicyclic amines) is 1. The second kappa shape index (κ2) is 7.24. The first kappa shape index (κ1) is 15.5. The van der Waals surface area contributed by atoms with Crippen LogP contribution in [-0.4, -0.2) is 40.0 Å². The van der Waals surface area contributed by atoms with E-state index in [1.54, 1.807) is 36.7 Å². The Hall–Kier alpha value is -2.40. The van der Waals surface area contributed by atoms with Gasteiger partial charge >= 0.3 is 0 Å². The second-order valence-electron chi connectivity index (χ2n) is 5.93. The maximum atomic E-state index is 12.1. The van der Waals surface area contributed by atoms with E-state index in [0.717, 1.165) is 32.5 Å². The highest BCUT2D eigenvalue weighted by atomic mass is 16.3. The van der Waals surface area contributed by atoms with Crippen molar-refractivity contribution in [3.05, 3.63) is 59.9 Å². The van der Waals surface area contributed by atoms with Gasteiger partial charge in [-0.1, -0.05) is 12.1 Å². The molecule has 2 aromatic rings. The number of phenols is 1. The number of aromatic nitrogens is 1. The van der Waals surface area contributed by atoms with Crippen molar-refractivity contribution in [2.24, 2.45) is 0 Å². The molecule has 0 unspecified atom stereocenters. The third kappa shape index (κ3) is 4.29. The lowest BCUT2D eigenvalue weighted by molar-refractivity contribution is 0.0909. The molecule has 2 heterocycles. The van der Waals surface area contributed by atoms with Crippen LogP contribution in [0, 0.1) is 0 Å². The van der Waals surface area contributed by atoms with Crippen molar-refractivity contribution < 1.29 is 9.90 Å². The minimum Gasteiger partial charge on any atom is -0.508 e. The Labute approximate surface area is 136 Å². The van der Waals surface area contributed by atoms with Crippen molar-refractivity contribution in [1.29, 1.82) is 0 Å².